The predicted octanol–water partition coefficient (Wildman–Crippen LogP) is 4.32. The largest absolute Gasteiger partial charge is 0.219 e. The van der Waals surface area contributed by atoms with Crippen LogP contribution in [-0.2, 0) is 9.84 Å². The van der Waals surface area contributed by atoms with Gasteiger partial charge in [-0.05, 0) is 47.4 Å². The molecule has 0 heterocycles. The summed E-state index contributed by atoms with van der Waals surface area (Å²) in [7, 11) is -3.43. The second kappa shape index (κ2) is 4.93. The van der Waals surface area contributed by atoms with Gasteiger partial charge in [0.25, 0.3) is 0 Å². The lowest BCUT2D eigenvalue weighted by Gasteiger charge is -2.42. The summed E-state index contributed by atoms with van der Waals surface area (Å²) in [6.07, 6.45) is 5.62. The quantitative estimate of drug-likeness (QED) is 0.783. The van der Waals surface area contributed by atoms with E-state index in [1.165, 1.54) is 0 Å². The standard InChI is InChI=1S/C21H18O2S/c22-24(23,17-9-5-2-6-10-17)21-19(14-7-3-1-4-8-14)18-15-11-12-16(13-15)20(18)21/h1-12,15-16,18,20H,13H2/t15-,16+,18-,20-/m0/s1. The molecule has 3 aliphatic rings. The van der Waals surface area contributed by atoms with Crippen LogP contribution < -0.4 is 0 Å². The van der Waals surface area contributed by atoms with E-state index in [4.69, 9.17) is 0 Å². The van der Waals surface area contributed by atoms with Crippen LogP contribution in [0.25, 0.3) is 5.57 Å². The van der Waals surface area contributed by atoms with Gasteiger partial charge in [-0.3, -0.25) is 0 Å². The van der Waals surface area contributed by atoms with Gasteiger partial charge in [-0.25, -0.2) is 8.42 Å². The van der Waals surface area contributed by atoms with Crippen LogP contribution in [0.3, 0.4) is 0 Å². The summed E-state index contributed by atoms with van der Waals surface area (Å²) in [5.41, 5.74) is 2.12. The van der Waals surface area contributed by atoms with Gasteiger partial charge in [0, 0.05) is 5.92 Å². The Hall–Kier alpha value is -2.13. The van der Waals surface area contributed by atoms with Crippen molar-refractivity contribution in [3.8, 4) is 0 Å². The molecule has 24 heavy (non-hydrogen) atoms. The minimum Gasteiger partial charge on any atom is -0.219 e. The van der Waals surface area contributed by atoms with Crippen LogP contribution >= 0.6 is 0 Å². The Kier molecular flexibility index (Phi) is 2.93. The van der Waals surface area contributed by atoms with Gasteiger partial charge < -0.3 is 0 Å². The third kappa shape index (κ3) is 1.79. The number of allylic oxidation sites excluding steroid dienone is 4. The first-order valence-corrected chi connectivity index (χ1v) is 9.94. The summed E-state index contributed by atoms with van der Waals surface area (Å²) in [5.74, 6) is 1.43. The molecule has 120 valence electrons. The lowest BCUT2D eigenvalue weighted by atomic mass is 9.66. The van der Waals surface area contributed by atoms with Crippen molar-refractivity contribution < 1.29 is 8.42 Å². The summed E-state index contributed by atoms with van der Waals surface area (Å²) < 4.78 is 26.7. The van der Waals surface area contributed by atoms with Crippen molar-refractivity contribution in [1.82, 2.24) is 0 Å². The third-order valence-corrected chi connectivity index (χ3v) is 7.75. The van der Waals surface area contributed by atoms with E-state index in [9.17, 15) is 8.42 Å². The topological polar surface area (TPSA) is 34.1 Å². The molecule has 0 aliphatic heterocycles. The number of fused-ring (bicyclic) bond motifs is 5. The highest BCUT2D eigenvalue weighted by atomic mass is 32.2. The monoisotopic (exact) mass is 334 g/mol. The molecule has 0 unspecified atom stereocenters. The van der Waals surface area contributed by atoms with E-state index < -0.39 is 9.84 Å². The number of rotatable bonds is 3. The van der Waals surface area contributed by atoms with Gasteiger partial charge in [0.2, 0.25) is 9.84 Å². The molecule has 0 saturated heterocycles. The average Bonchev–Trinajstić information content (AvgIpc) is 3.14. The molecule has 0 N–H and O–H groups in total. The Morgan fingerprint density at radius 1 is 0.750 bits per heavy atom. The number of benzene rings is 2. The fourth-order valence-corrected chi connectivity index (χ4v) is 6.82. The van der Waals surface area contributed by atoms with E-state index in [0.29, 0.717) is 27.6 Å². The lowest BCUT2D eigenvalue weighted by molar-refractivity contribution is 0.404. The molecular weight excluding hydrogens is 316 g/mol. The van der Waals surface area contributed by atoms with Gasteiger partial charge in [-0.1, -0.05) is 60.7 Å². The Morgan fingerprint density at radius 3 is 2.00 bits per heavy atom. The molecular formula is C21H18O2S. The van der Waals surface area contributed by atoms with Crippen molar-refractivity contribution in [2.75, 3.05) is 0 Å². The molecule has 0 amide bonds. The molecule has 3 heteroatoms. The fraction of sp³-hybridized carbons (Fsp3) is 0.238. The second-order valence-corrected chi connectivity index (χ2v) is 8.88. The number of hydrogen-bond donors (Lipinski definition) is 0. The van der Waals surface area contributed by atoms with Gasteiger partial charge in [-0.2, -0.15) is 0 Å². The lowest BCUT2D eigenvalue weighted by Crippen LogP contribution is -2.36. The molecule has 2 aromatic carbocycles. The van der Waals surface area contributed by atoms with Crippen molar-refractivity contribution in [2.24, 2.45) is 23.7 Å². The van der Waals surface area contributed by atoms with E-state index in [-0.39, 0.29) is 5.92 Å². The van der Waals surface area contributed by atoms with E-state index in [1.807, 2.05) is 36.4 Å². The summed E-state index contributed by atoms with van der Waals surface area (Å²) >= 11 is 0. The van der Waals surface area contributed by atoms with Crippen LogP contribution in [0.15, 0.2) is 82.6 Å². The first kappa shape index (κ1) is 14.2. The normalized spacial score (nSPS) is 30.3. The van der Waals surface area contributed by atoms with Crippen molar-refractivity contribution in [3.63, 3.8) is 0 Å². The van der Waals surface area contributed by atoms with Gasteiger partial charge >= 0.3 is 0 Å². The summed E-state index contributed by atoms with van der Waals surface area (Å²) in [4.78, 5) is 1.08. The molecule has 1 fully saturated rings. The summed E-state index contributed by atoms with van der Waals surface area (Å²) in [6, 6.07) is 18.9. The Balaban J connectivity index is 1.72. The molecule has 3 aliphatic carbocycles. The van der Waals surface area contributed by atoms with Gasteiger partial charge in [0.05, 0.1) is 9.80 Å². The fourth-order valence-electron chi connectivity index (χ4n) is 4.82. The van der Waals surface area contributed by atoms with Gasteiger partial charge in [-0.15, -0.1) is 0 Å². The zero-order valence-corrected chi connectivity index (χ0v) is 14.0. The maximum Gasteiger partial charge on any atom is 0.203 e. The summed E-state index contributed by atoms with van der Waals surface area (Å²) in [6.45, 7) is 0. The Bertz CT molecular complexity index is 955. The van der Waals surface area contributed by atoms with Crippen LogP contribution in [-0.4, -0.2) is 8.42 Å². The molecule has 2 aromatic rings. The Morgan fingerprint density at radius 2 is 1.33 bits per heavy atom. The highest BCUT2D eigenvalue weighted by Gasteiger charge is 2.58. The van der Waals surface area contributed by atoms with Gasteiger partial charge in [0.1, 0.15) is 0 Å². The molecule has 4 atom stereocenters. The van der Waals surface area contributed by atoms with Crippen LogP contribution in [0.1, 0.15) is 12.0 Å². The average molecular weight is 334 g/mol. The predicted molar refractivity (Wildman–Crippen MR) is 94.7 cm³/mol. The first-order chi connectivity index (χ1) is 11.7. The highest BCUT2D eigenvalue weighted by molar-refractivity contribution is 7.95. The number of sulfone groups is 1. The molecule has 1 saturated carbocycles. The van der Waals surface area contributed by atoms with E-state index in [1.54, 1.807) is 24.3 Å². The number of hydrogen-bond acceptors (Lipinski definition) is 2. The van der Waals surface area contributed by atoms with Crippen molar-refractivity contribution in [2.45, 2.75) is 11.3 Å². The molecule has 0 spiro atoms. The van der Waals surface area contributed by atoms with E-state index in [2.05, 4.69) is 12.2 Å². The van der Waals surface area contributed by atoms with Crippen molar-refractivity contribution >= 4 is 15.4 Å². The van der Waals surface area contributed by atoms with Crippen LogP contribution in [0.5, 0.6) is 0 Å². The highest BCUT2D eigenvalue weighted by Crippen LogP contribution is 2.65. The maximum absolute atomic E-state index is 13.3. The van der Waals surface area contributed by atoms with Crippen LogP contribution in [0.4, 0.5) is 0 Å². The third-order valence-electron chi connectivity index (χ3n) is 5.79. The molecule has 2 bridgehead atoms. The second-order valence-electron chi connectivity index (χ2n) is 6.96. The SMILES string of the molecule is O=S(=O)(C1=C(c2ccccc2)[C@H]2[C@@H]1[C@@H]1C=C[C@H]2C1)c1ccccc1. The van der Waals surface area contributed by atoms with Crippen molar-refractivity contribution in [3.05, 3.63) is 83.3 Å². The van der Waals surface area contributed by atoms with E-state index >= 15 is 0 Å². The van der Waals surface area contributed by atoms with E-state index in [0.717, 1.165) is 17.6 Å². The van der Waals surface area contributed by atoms with Crippen LogP contribution in [0, 0.1) is 23.7 Å². The molecule has 2 nitrogen and oxygen atoms in total. The zero-order chi connectivity index (χ0) is 16.3. The van der Waals surface area contributed by atoms with Crippen molar-refractivity contribution in [1.29, 1.82) is 0 Å². The molecule has 0 aromatic heterocycles. The Labute approximate surface area is 142 Å². The smallest absolute Gasteiger partial charge is 0.203 e. The first-order valence-electron chi connectivity index (χ1n) is 8.46. The molecule has 5 rings (SSSR count). The van der Waals surface area contributed by atoms with Gasteiger partial charge in [0.15, 0.2) is 0 Å². The minimum atomic E-state index is -3.43. The minimum absolute atomic E-state index is 0.167. The maximum atomic E-state index is 13.3. The zero-order valence-electron chi connectivity index (χ0n) is 13.2. The summed E-state index contributed by atoms with van der Waals surface area (Å²) in [5, 5.41) is 0. The molecule has 0 radical (unpaired) electrons. The van der Waals surface area contributed by atoms with Crippen LogP contribution in [0.2, 0.25) is 0 Å².